The number of likely N-dealkylation sites (N-methyl/N-ethyl adjacent to an activating group) is 2. The van der Waals surface area contributed by atoms with Crippen LogP contribution in [0.4, 0.5) is 70.6 Å². The summed E-state index contributed by atoms with van der Waals surface area (Å²) in [6.45, 7) is 25.0. The zero-order chi connectivity index (χ0) is 63.2. The number of hydrogen-bond acceptors (Lipinski definition) is 14. The lowest BCUT2D eigenvalue weighted by atomic mass is 9.76. The molecule has 3 fully saturated rings. The van der Waals surface area contributed by atoms with Gasteiger partial charge in [-0.3, -0.25) is 0 Å². The lowest BCUT2D eigenvalue weighted by molar-refractivity contribution is -0.144. The molecule has 3 aliphatic rings. The molecule has 2 aromatic carbocycles. The highest BCUT2D eigenvalue weighted by Crippen LogP contribution is 2.38. The summed E-state index contributed by atoms with van der Waals surface area (Å²) in [5, 5.41) is 23.5. The van der Waals surface area contributed by atoms with Crippen molar-refractivity contribution in [3.05, 3.63) is 75.4 Å². The van der Waals surface area contributed by atoms with Crippen molar-refractivity contribution in [1.82, 2.24) is 19.8 Å². The number of anilines is 6. The molecule has 18 nitrogen and oxygen atoms in total. The molecule has 3 saturated heterocycles. The van der Waals surface area contributed by atoms with Gasteiger partial charge in [0.2, 0.25) is 0 Å². The zero-order valence-corrected chi connectivity index (χ0v) is 52.8. The van der Waals surface area contributed by atoms with E-state index in [1.54, 1.807) is 48.3 Å². The molecule has 0 spiro atoms. The number of hydrogen-bond donors (Lipinski definition) is 6. The molecule has 0 unspecified atom stereocenters. The van der Waals surface area contributed by atoms with Gasteiger partial charge in [-0.15, -0.1) is 0 Å². The number of aliphatic hydroxyl groups excluding tert-OH is 2. The summed E-state index contributed by atoms with van der Waals surface area (Å²) in [6, 6.07) is 17.4. The Balaban J connectivity index is 0.000000323. The number of carbonyl (C=O) groups excluding carboxylic acids is 2. The van der Waals surface area contributed by atoms with Gasteiger partial charge in [0.15, 0.2) is 0 Å². The lowest BCUT2D eigenvalue weighted by Gasteiger charge is -2.32. The van der Waals surface area contributed by atoms with Gasteiger partial charge < -0.3 is 70.7 Å². The Labute approximate surface area is 506 Å². The van der Waals surface area contributed by atoms with Crippen molar-refractivity contribution in [3.8, 4) is 11.1 Å². The van der Waals surface area contributed by atoms with Gasteiger partial charge in [-0.25, -0.2) is 19.6 Å². The Morgan fingerprint density at radius 1 is 0.690 bits per heavy atom. The second-order valence-corrected chi connectivity index (χ2v) is 22.7. The molecule has 2 atom stereocenters. The van der Waals surface area contributed by atoms with E-state index in [0.29, 0.717) is 67.8 Å². The largest absolute Gasteiger partial charge is 0.495 e. The summed E-state index contributed by atoms with van der Waals surface area (Å²) in [4.78, 5) is 40.1. The second-order valence-electron chi connectivity index (χ2n) is 21.5. The lowest BCUT2D eigenvalue weighted by Crippen LogP contribution is -2.41. The number of aliphatic hydroxyl groups is 2. The van der Waals surface area contributed by atoms with Gasteiger partial charge in [-0.2, -0.15) is 26.3 Å². The third-order valence-corrected chi connectivity index (χ3v) is 14.7. The first kappa shape index (κ1) is 72.9. The molecule has 4 aromatic rings. The Kier molecular flexibility index (Phi) is 29.6. The summed E-state index contributed by atoms with van der Waals surface area (Å²) in [5.74, 6) is 1.12. The number of benzene rings is 2. The average molecular weight is 1310 g/mol. The maximum atomic E-state index is 12.6. The Bertz CT molecular complexity index is 2630. The predicted molar refractivity (Wildman–Crippen MR) is 331 cm³/mol. The molecule has 0 bridgehead atoms. The molecule has 470 valence electrons. The molecule has 8 N–H and O–H groups in total. The van der Waals surface area contributed by atoms with Crippen LogP contribution in [0, 0.1) is 29.3 Å². The zero-order valence-electron chi connectivity index (χ0n) is 50.6. The fourth-order valence-corrected chi connectivity index (χ4v) is 9.50. The number of aryl methyl sites for hydroxylation is 2. The van der Waals surface area contributed by atoms with E-state index in [1.807, 2.05) is 105 Å². The highest BCUT2D eigenvalue weighted by molar-refractivity contribution is 14.1. The smallest absolute Gasteiger partial charge is 0.399 e. The molecular weight excluding hydrogens is 1220 g/mol. The number of nitrogens with one attached hydrogen (secondary N) is 2. The van der Waals surface area contributed by atoms with Crippen molar-refractivity contribution < 1.29 is 64.9 Å². The third kappa shape index (κ3) is 24.5. The number of rotatable bonds is 16. The van der Waals surface area contributed by atoms with Crippen LogP contribution in [0.5, 0.6) is 0 Å². The average Bonchev–Trinajstić information content (AvgIpc) is 1.93. The van der Waals surface area contributed by atoms with E-state index in [4.69, 9.17) is 35.4 Å². The van der Waals surface area contributed by atoms with Crippen LogP contribution in [0.15, 0.2) is 60.7 Å². The first-order chi connectivity index (χ1) is 39.3. The van der Waals surface area contributed by atoms with Crippen LogP contribution in [0.1, 0.15) is 92.2 Å². The quantitative estimate of drug-likeness (QED) is 0.0349. The number of nitrogens with zero attached hydrogens (tertiary/aromatic N) is 6. The third-order valence-electron chi connectivity index (χ3n) is 14.1. The predicted octanol–water partition coefficient (Wildman–Crippen LogP) is 10.8. The molecule has 26 heteroatoms. The minimum Gasteiger partial charge on any atom is -0.399 e. The Hall–Kier alpha value is -5.39. The summed E-state index contributed by atoms with van der Waals surface area (Å²) < 4.78 is 98.5. The van der Waals surface area contributed by atoms with Gasteiger partial charge in [0.1, 0.15) is 23.3 Å². The number of amides is 4. The maximum absolute atomic E-state index is 12.6. The normalized spacial score (nSPS) is 16.9. The Morgan fingerprint density at radius 2 is 1.11 bits per heavy atom. The molecule has 2 aromatic heterocycles. The first-order valence-electron chi connectivity index (χ1n) is 28.1. The van der Waals surface area contributed by atoms with Crippen LogP contribution in [0.3, 0.4) is 0 Å². The van der Waals surface area contributed by atoms with E-state index in [0.717, 1.165) is 63.5 Å². The van der Waals surface area contributed by atoms with Gasteiger partial charge in [0, 0.05) is 108 Å². The Morgan fingerprint density at radius 3 is 1.51 bits per heavy atom. The van der Waals surface area contributed by atoms with Gasteiger partial charge in [0.25, 0.3) is 0 Å². The number of alkyl halides is 6. The van der Waals surface area contributed by atoms with E-state index >= 15 is 0 Å². The molecule has 84 heavy (non-hydrogen) atoms. The number of likely N-dealkylation sites (tertiary alicyclic amines) is 2. The van der Waals surface area contributed by atoms with E-state index < -0.39 is 67.4 Å². The van der Waals surface area contributed by atoms with Crippen molar-refractivity contribution in [3.63, 3.8) is 0 Å². The molecule has 5 heterocycles. The molecular formula is C58H88BF6IN10O8. The molecule has 0 aliphatic carbocycles. The molecule has 3 aliphatic heterocycles. The molecule has 4 amide bonds. The number of ether oxygens (including phenoxy) is 2. The summed E-state index contributed by atoms with van der Waals surface area (Å²) in [7, 11) is 3.11. The van der Waals surface area contributed by atoms with Crippen molar-refractivity contribution in [2.75, 3.05) is 125 Å². The number of carbonyl (C=O) groups is 2. The topological polar surface area (TPSA) is 226 Å². The SMILES string of the molecule is CCOCC.CCOCC.CN(CCO)c1cc(I)cc(N)n1.Cc1ccc(NC(=O)N2CC[C@@H](CC(F)(F)F)C2)cc1-c1cc(N)nc(N(C)CCO)c1.Cc1ccc(NC(=O)N2CC[C@@H](CC(F)(F)F)C2)cc1B1OC(C)(C)C(C)(C)O1. The summed E-state index contributed by atoms with van der Waals surface area (Å²) in [6.07, 6.45) is -9.45. The van der Waals surface area contributed by atoms with Gasteiger partial charge in [-0.05, 0) is 187 Å². The fourth-order valence-electron chi connectivity index (χ4n) is 8.90. The van der Waals surface area contributed by atoms with Crippen LogP contribution < -0.4 is 37.4 Å². The monoisotopic (exact) mass is 1300 g/mol. The van der Waals surface area contributed by atoms with Crippen LogP contribution in [0.25, 0.3) is 11.1 Å². The van der Waals surface area contributed by atoms with Crippen LogP contribution in [0.2, 0.25) is 0 Å². The number of urea groups is 2. The van der Waals surface area contributed by atoms with Gasteiger partial charge in [0.05, 0.1) is 24.4 Å². The highest BCUT2D eigenvalue weighted by atomic mass is 127. The van der Waals surface area contributed by atoms with Crippen molar-refractivity contribution in [2.24, 2.45) is 11.8 Å². The van der Waals surface area contributed by atoms with Crippen molar-refractivity contribution in [2.45, 2.75) is 118 Å². The summed E-state index contributed by atoms with van der Waals surface area (Å²) >= 11 is 2.18. The van der Waals surface area contributed by atoms with E-state index in [9.17, 15) is 41.0 Å². The van der Waals surface area contributed by atoms with E-state index in [2.05, 4.69) is 43.2 Å². The second kappa shape index (κ2) is 34.1. The number of nitrogens with two attached hydrogens (primary N) is 2. The molecule has 0 saturated carbocycles. The van der Waals surface area contributed by atoms with Crippen molar-refractivity contribution in [1.29, 1.82) is 0 Å². The van der Waals surface area contributed by atoms with E-state index in [-0.39, 0.29) is 26.3 Å². The first-order valence-corrected chi connectivity index (χ1v) is 29.2. The molecule has 7 rings (SSSR count). The minimum atomic E-state index is -4.22. The van der Waals surface area contributed by atoms with Crippen LogP contribution >= 0.6 is 22.6 Å². The number of nitrogen functional groups attached to an aromatic ring is 2. The minimum absolute atomic E-state index is 0.0246. The highest BCUT2D eigenvalue weighted by Gasteiger charge is 2.52. The number of aromatic nitrogens is 2. The summed E-state index contributed by atoms with van der Waals surface area (Å²) in [5.41, 5.74) is 16.1. The number of pyridine rings is 2. The molecule has 0 radical (unpaired) electrons. The maximum Gasteiger partial charge on any atom is 0.495 e. The van der Waals surface area contributed by atoms with Gasteiger partial charge >= 0.3 is 31.5 Å². The van der Waals surface area contributed by atoms with Crippen LogP contribution in [-0.2, 0) is 18.8 Å². The van der Waals surface area contributed by atoms with Crippen molar-refractivity contribution >= 4 is 81.9 Å². The standard InChI is InChI=1S/C22H28F3N5O2.C20H28BF3N2O3.C8H12IN3O.2C4H10O/c1-14-3-4-17(27-21(32)30-6-5-15(13-30)12-22(23,24)25)11-18(14)16-9-19(26)28-20(10-16)29(2)7-8-31;1-13-6-7-15(10-16(13)21-28-18(2,3)19(4,5)29-21)25-17(27)26-9-8-14(12-26)11-20(22,23)24;1-12(2-3-13)8-5-6(9)4-7(10)11-8;2*1-3-5-4-2/h3-4,9-11,15,31H,5-8,12-13H2,1-2H3,(H2,26,28)(H,27,32);6-7,10,14H,8-9,11-12H2,1-5H3,(H,25,27);4-5,13H,2-3H2,1H3,(H2,10,11);2*3-4H2,1-2H3/t15-;14-;;;/m00.../s1. The number of halogens is 7. The van der Waals surface area contributed by atoms with Gasteiger partial charge in [-0.1, -0.05) is 17.7 Å². The fraction of sp³-hybridized carbons (Fsp3) is 0.586. The van der Waals surface area contributed by atoms with E-state index in [1.165, 1.54) is 9.80 Å². The van der Waals surface area contributed by atoms with Crippen LogP contribution in [-0.4, -0.2) is 166 Å².